The summed E-state index contributed by atoms with van der Waals surface area (Å²) in [4.78, 5) is 20.5. The van der Waals surface area contributed by atoms with Crippen molar-refractivity contribution in [2.24, 2.45) is 0 Å². The van der Waals surface area contributed by atoms with E-state index in [1.807, 2.05) is 10.8 Å². The first-order chi connectivity index (χ1) is 9.79. The Kier molecular flexibility index (Phi) is 3.79. The molecule has 0 aromatic carbocycles. The summed E-state index contributed by atoms with van der Waals surface area (Å²) in [6, 6.07) is -0.0584. The summed E-state index contributed by atoms with van der Waals surface area (Å²) >= 11 is 1.41. The highest BCUT2D eigenvalue weighted by molar-refractivity contribution is 7.07. The van der Waals surface area contributed by atoms with Crippen molar-refractivity contribution in [2.45, 2.75) is 32.0 Å². The molecule has 1 N–H and O–H groups in total. The lowest BCUT2D eigenvalue weighted by Crippen LogP contribution is -2.37. The number of aromatic nitrogens is 3. The summed E-state index contributed by atoms with van der Waals surface area (Å²) in [6.45, 7) is 3.52. The van der Waals surface area contributed by atoms with Gasteiger partial charge in [-0.1, -0.05) is 0 Å². The fraction of sp³-hybridized carbons (Fsp3) is 0.462. The minimum Gasteiger partial charge on any atom is -0.368 e. The minimum absolute atomic E-state index is 0.0584. The third-order valence-corrected chi connectivity index (χ3v) is 4.00. The first kappa shape index (κ1) is 13.3. The second-order valence-corrected chi connectivity index (χ2v) is 5.32. The highest BCUT2D eigenvalue weighted by atomic mass is 32.1. The van der Waals surface area contributed by atoms with Crippen LogP contribution in [0.25, 0.3) is 0 Å². The average Bonchev–Trinajstić information content (AvgIpc) is 3.19. The van der Waals surface area contributed by atoms with E-state index < -0.39 is 0 Å². The standard InChI is InChI=1S/C13H16N4O2S/c1-2-17-5-4-14-12(17)11-9(3-6-19-11)16-13(18)10-7-20-8-15-10/h4-5,7-9,11H,2-3,6H2,1H3,(H,16,18)/t9-,11-/m0/s1. The molecule has 1 fully saturated rings. The lowest BCUT2D eigenvalue weighted by Gasteiger charge is -2.19. The van der Waals surface area contributed by atoms with Crippen LogP contribution in [-0.2, 0) is 11.3 Å². The Balaban J connectivity index is 1.74. The van der Waals surface area contributed by atoms with Gasteiger partial charge in [-0.25, -0.2) is 9.97 Å². The zero-order chi connectivity index (χ0) is 13.9. The maximum atomic E-state index is 12.1. The largest absolute Gasteiger partial charge is 0.368 e. The molecule has 0 bridgehead atoms. The van der Waals surface area contributed by atoms with Gasteiger partial charge in [-0.15, -0.1) is 11.3 Å². The molecular formula is C13H16N4O2S. The van der Waals surface area contributed by atoms with Crippen LogP contribution in [0.2, 0.25) is 0 Å². The van der Waals surface area contributed by atoms with Gasteiger partial charge in [0.25, 0.3) is 5.91 Å². The molecule has 6 nitrogen and oxygen atoms in total. The predicted octanol–water partition coefficient (Wildman–Crippen LogP) is 1.62. The number of nitrogens with one attached hydrogen (secondary N) is 1. The molecular weight excluding hydrogens is 276 g/mol. The minimum atomic E-state index is -0.187. The van der Waals surface area contributed by atoms with Crippen LogP contribution < -0.4 is 5.32 Å². The second kappa shape index (κ2) is 5.72. The molecule has 2 atom stereocenters. The first-order valence-electron chi connectivity index (χ1n) is 6.61. The fourth-order valence-corrected chi connectivity index (χ4v) is 2.94. The molecule has 106 valence electrons. The lowest BCUT2D eigenvalue weighted by atomic mass is 10.1. The Morgan fingerprint density at radius 2 is 2.50 bits per heavy atom. The van der Waals surface area contributed by atoms with E-state index in [0.717, 1.165) is 18.8 Å². The van der Waals surface area contributed by atoms with Gasteiger partial charge in [0.2, 0.25) is 0 Å². The zero-order valence-corrected chi connectivity index (χ0v) is 12.0. The Morgan fingerprint density at radius 3 is 3.25 bits per heavy atom. The van der Waals surface area contributed by atoms with Crippen LogP contribution in [0.1, 0.15) is 35.8 Å². The van der Waals surface area contributed by atoms with E-state index >= 15 is 0 Å². The molecule has 0 spiro atoms. The molecule has 20 heavy (non-hydrogen) atoms. The highest BCUT2D eigenvalue weighted by Gasteiger charge is 2.34. The summed E-state index contributed by atoms with van der Waals surface area (Å²) in [5.41, 5.74) is 2.11. The van der Waals surface area contributed by atoms with E-state index in [0.29, 0.717) is 12.3 Å². The molecule has 3 rings (SSSR count). The number of ether oxygens (including phenoxy) is 1. The number of amides is 1. The van der Waals surface area contributed by atoms with Gasteiger partial charge in [0.15, 0.2) is 0 Å². The predicted molar refractivity (Wildman–Crippen MR) is 74.6 cm³/mol. The van der Waals surface area contributed by atoms with Gasteiger partial charge >= 0.3 is 0 Å². The summed E-state index contributed by atoms with van der Waals surface area (Å²) in [5.74, 6) is 0.718. The molecule has 7 heteroatoms. The quantitative estimate of drug-likeness (QED) is 0.929. The number of thiazole rings is 1. The number of rotatable bonds is 4. The first-order valence-corrected chi connectivity index (χ1v) is 7.55. The zero-order valence-electron chi connectivity index (χ0n) is 11.2. The maximum absolute atomic E-state index is 12.1. The van der Waals surface area contributed by atoms with Crippen LogP contribution >= 0.6 is 11.3 Å². The molecule has 2 aromatic rings. The van der Waals surface area contributed by atoms with E-state index in [1.54, 1.807) is 17.1 Å². The van der Waals surface area contributed by atoms with Crippen molar-refractivity contribution in [3.8, 4) is 0 Å². The van der Waals surface area contributed by atoms with Gasteiger partial charge in [0.1, 0.15) is 17.6 Å². The number of hydrogen-bond acceptors (Lipinski definition) is 5. The molecule has 2 aromatic heterocycles. The molecule has 0 radical (unpaired) electrons. The van der Waals surface area contributed by atoms with Crippen molar-refractivity contribution in [1.29, 1.82) is 0 Å². The van der Waals surface area contributed by atoms with E-state index in [9.17, 15) is 4.79 Å². The topological polar surface area (TPSA) is 69.0 Å². The number of imidazole rings is 1. The number of hydrogen-bond donors (Lipinski definition) is 1. The average molecular weight is 292 g/mol. The number of carbonyl (C=O) groups is 1. The number of carbonyl (C=O) groups excluding carboxylic acids is 1. The molecule has 1 saturated heterocycles. The molecule has 0 unspecified atom stereocenters. The molecule has 3 heterocycles. The van der Waals surface area contributed by atoms with Crippen molar-refractivity contribution >= 4 is 17.2 Å². The summed E-state index contributed by atoms with van der Waals surface area (Å²) < 4.78 is 7.79. The van der Waals surface area contributed by atoms with Gasteiger partial charge in [-0.2, -0.15) is 0 Å². The van der Waals surface area contributed by atoms with Crippen molar-refractivity contribution in [1.82, 2.24) is 19.9 Å². The normalized spacial score (nSPS) is 22.1. The molecule has 1 amide bonds. The molecule has 0 saturated carbocycles. The third-order valence-electron chi connectivity index (χ3n) is 3.42. The van der Waals surface area contributed by atoms with Crippen LogP contribution in [0, 0.1) is 0 Å². The van der Waals surface area contributed by atoms with E-state index in [2.05, 4.69) is 22.2 Å². The monoisotopic (exact) mass is 292 g/mol. The second-order valence-electron chi connectivity index (χ2n) is 4.61. The van der Waals surface area contributed by atoms with Crippen molar-refractivity contribution in [2.75, 3.05) is 6.61 Å². The van der Waals surface area contributed by atoms with Crippen molar-refractivity contribution < 1.29 is 9.53 Å². The Bertz CT molecular complexity index is 581. The van der Waals surface area contributed by atoms with Gasteiger partial charge in [0, 0.05) is 30.9 Å². The molecule has 1 aliphatic rings. The van der Waals surface area contributed by atoms with Crippen LogP contribution in [0.5, 0.6) is 0 Å². The van der Waals surface area contributed by atoms with Gasteiger partial charge in [-0.3, -0.25) is 4.79 Å². The molecule has 0 aliphatic carbocycles. The SMILES string of the molecule is CCn1ccnc1[C@H]1OCC[C@@H]1NC(=O)c1cscn1. The third kappa shape index (κ3) is 2.46. The van der Waals surface area contributed by atoms with Crippen molar-refractivity contribution in [3.63, 3.8) is 0 Å². The van der Waals surface area contributed by atoms with Crippen LogP contribution in [0.4, 0.5) is 0 Å². The van der Waals surface area contributed by atoms with Crippen molar-refractivity contribution in [3.05, 3.63) is 34.8 Å². The van der Waals surface area contributed by atoms with E-state index in [4.69, 9.17) is 4.74 Å². The number of nitrogens with zero attached hydrogens (tertiary/aromatic N) is 3. The van der Waals surface area contributed by atoms with Crippen LogP contribution in [-0.4, -0.2) is 33.1 Å². The highest BCUT2D eigenvalue weighted by Crippen LogP contribution is 2.28. The van der Waals surface area contributed by atoms with E-state index in [-0.39, 0.29) is 18.1 Å². The Labute approximate surface area is 120 Å². The number of aryl methyl sites for hydroxylation is 1. The Hall–Kier alpha value is -1.73. The van der Waals surface area contributed by atoms with Crippen LogP contribution in [0.3, 0.4) is 0 Å². The molecule has 1 aliphatic heterocycles. The lowest BCUT2D eigenvalue weighted by molar-refractivity contribution is 0.0773. The van der Waals surface area contributed by atoms with Gasteiger partial charge in [0.05, 0.1) is 11.6 Å². The Morgan fingerprint density at radius 1 is 1.60 bits per heavy atom. The summed E-state index contributed by atoms with van der Waals surface area (Å²) in [5, 5.41) is 4.74. The van der Waals surface area contributed by atoms with E-state index in [1.165, 1.54) is 11.3 Å². The smallest absolute Gasteiger partial charge is 0.271 e. The fourth-order valence-electron chi connectivity index (χ4n) is 2.40. The van der Waals surface area contributed by atoms with Crippen LogP contribution in [0.15, 0.2) is 23.3 Å². The van der Waals surface area contributed by atoms with Gasteiger partial charge in [-0.05, 0) is 13.3 Å². The summed E-state index contributed by atoms with van der Waals surface area (Å²) in [7, 11) is 0. The van der Waals surface area contributed by atoms with Gasteiger partial charge < -0.3 is 14.6 Å². The summed E-state index contributed by atoms with van der Waals surface area (Å²) in [6.07, 6.45) is 4.29. The maximum Gasteiger partial charge on any atom is 0.271 e.